The molecule has 3 heteroatoms. The smallest absolute Gasteiger partial charge is 0.231 e. The summed E-state index contributed by atoms with van der Waals surface area (Å²) in [6, 6.07) is -0.474. The Morgan fingerprint density at radius 1 is 1.38 bits per heavy atom. The Balaban J connectivity index is 2.58. The minimum absolute atomic E-state index is 0.187. The number of rotatable bonds is 2. The molecule has 3 nitrogen and oxygen atoms in total. The molecule has 0 aliphatic heterocycles. The van der Waals surface area contributed by atoms with Crippen LogP contribution in [0.5, 0.6) is 0 Å². The first kappa shape index (κ1) is 10.2. The Hall–Kier alpha value is -0.860. The van der Waals surface area contributed by atoms with Gasteiger partial charge in [0.15, 0.2) is 0 Å². The highest BCUT2D eigenvalue weighted by molar-refractivity contribution is 5.07. The van der Waals surface area contributed by atoms with Crippen LogP contribution in [0.1, 0.15) is 45.4 Å². The van der Waals surface area contributed by atoms with Crippen molar-refractivity contribution in [2.45, 2.75) is 51.5 Å². The summed E-state index contributed by atoms with van der Waals surface area (Å²) in [5.74, 6) is 0. The molecule has 0 radical (unpaired) electrons. The van der Waals surface area contributed by atoms with Crippen molar-refractivity contribution in [2.24, 2.45) is 0 Å². The third kappa shape index (κ3) is 3.17. The first-order chi connectivity index (χ1) is 6.22. The number of nitro groups is 1. The predicted molar refractivity (Wildman–Crippen MR) is 52.2 cm³/mol. The molecule has 0 amide bonds. The molecular formula is C10H17NO2. The third-order valence-electron chi connectivity index (χ3n) is 2.68. The summed E-state index contributed by atoms with van der Waals surface area (Å²) in [5.41, 5.74) is 1.03. The van der Waals surface area contributed by atoms with Crippen molar-refractivity contribution in [1.82, 2.24) is 0 Å². The average Bonchev–Trinajstić information content (AvgIpc) is 2.02. The summed E-state index contributed by atoms with van der Waals surface area (Å²) in [6.45, 7) is 1.69. The van der Waals surface area contributed by atoms with Crippen LogP contribution < -0.4 is 0 Å². The van der Waals surface area contributed by atoms with Gasteiger partial charge in [-0.1, -0.05) is 18.9 Å². The van der Waals surface area contributed by atoms with Crippen molar-refractivity contribution in [3.8, 4) is 0 Å². The number of hydrogen-bond acceptors (Lipinski definition) is 2. The summed E-state index contributed by atoms with van der Waals surface area (Å²) in [5, 5.41) is 10.6. The third-order valence-corrected chi connectivity index (χ3v) is 2.68. The van der Waals surface area contributed by atoms with E-state index in [2.05, 4.69) is 6.08 Å². The Labute approximate surface area is 79.0 Å². The predicted octanol–water partition coefficient (Wildman–Crippen LogP) is 2.93. The van der Waals surface area contributed by atoms with E-state index in [-0.39, 0.29) is 4.92 Å². The molecule has 74 valence electrons. The fraction of sp³-hybridized carbons (Fsp3) is 0.800. The van der Waals surface area contributed by atoms with Gasteiger partial charge in [-0.15, -0.1) is 0 Å². The Bertz CT molecular complexity index is 211. The van der Waals surface area contributed by atoms with Crippen LogP contribution in [0.2, 0.25) is 0 Å². The first-order valence-corrected chi connectivity index (χ1v) is 5.04. The highest BCUT2D eigenvalue weighted by atomic mass is 16.6. The lowest BCUT2D eigenvalue weighted by atomic mass is 9.96. The second-order valence-electron chi connectivity index (χ2n) is 3.69. The maximum Gasteiger partial charge on any atom is 0.231 e. The summed E-state index contributed by atoms with van der Waals surface area (Å²) in [7, 11) is 0. The number of nitrogens with zero attached hydrogens (tertiary/aromatic N) is 1. The van der Waals surface area contributed by atoms with Crippen molar-refractivity contribution < 1.29 is 4.92 Å². The molecule has 1 unspecified atom stereocenters. The van der Waals surface area contributed by atoms with Crippen LogP contribution in [-0.2, 0) is 0 Å². The molecule has 1 aliphatic carbocycles. The Kier molecular flexibility index (Phi) is 3.93. The molecule has 1 atom stereocenters. The SMILES string of the molecule is CC(C1=CCCCCCC1)[N+](=O)[O-]. The second kappa shape index (κ2) is 5.00. The van der Waals surface area contributed by atoms with E-state index in [9.17, 15) is 10.1 Å². The molecule has 1 aliphatic rings. The highest BCUT2D eigenvalue weighted by Crippen LogP contribution is 2.20. The van der Waals surface area contributed by atoms with Gasteiger partial charge in [0.05, 0.1) is 0 Å². The van der Waals surface area contributed by atoms with Gasteiger partial charge in [-0.05, 0) is 31.3 Å². The largest absolute Gasteiger partial charge is 0.264 e. The van der Waals surface area contributed by atoms with Crippen LogP contribution in [0.25, 0.3) is 0 Å². The topological polar surface area (TPSA) is 43.1 Å². The summed E-state index contributed by atoms with van der Waals surface area (Å²) < 4.78 is 0. The standard InChI is InChI=1S/C10H17NO2/c1-9(11(12)13)10-7-5-3-2-4-6-8-10/h7,9H,2-6,8H2,1H3. The molecule has 0 aromatic rings. The van der Waals surface area contributed by atoms with Gasteiger partial charge in [-0.2, -0.15) is 0 Å². The highest BCUT2D eigenvalue weighted by Gasteiger charge is 2.18. The minimum Gasteiger partial charge on any atom is -0.264 e. The van der Waals surface area contributed by atoms with E-state index in [1.807, 2.05) is 0 Å². The minimum atomic E-state index is -0.474. The molecule has 0 aromatic heterocycles. The van der Waals surface area contributed by atoms with Crippen molar-refractivity contribution in [3.05, 3.63) is 21.8 Å². The molecule has 0 saturated carbocycles. The lowest BCUT2D eigenvalue weighted by molar-refractivity contribution is -0.508. The summed E-state index contributed by atoms with van der Waals surface area (Å²) in [6.07, 6.45) is 8.82. The van der Waals surface area contributed by atoms with Crippen LogP contribution in [0.3, 0.4) is 0 Å². The van der Waals surface area contributed by atoms with Gasteiger partial charge in [0, 0.05) is 11.8 Å². The van der Waals surface area contributed by atoms with Crippen molar-refractivity contribution in [1.29, 1.82) is 0 Å². The van der Waals surface area contributed by atoms with E-state index in [0.29, 0.717) is 0 Å². The quantitative estimate of drug-likeness (QED) is 0.375. The van der Waals surface area contributed by atoms with Crippen LogP contribution in [0.4, 0.5) is 0 Å². The molecule has 0 N–H and O–H groups in total. The van der Waals surface area contributed by atoms with Gasteiger partial charge >= 0.3 is 0 Å². The molecule has 0 aromatic carbocycles. The molecule has 0 spiro atoms. The molecule has 0 fully saturated rings. The Morgan fingerprint density at radius 3 is 2.77 bits per heavy atom. The first-order valence-electron chi connectivity index (χ1n) is 5.04. The lowest BCUT2D eigenvalue weighted by Crippen LogP contribution is -2.18. The van der Waals surface area contributed by atoms with Crippen LogP contribution in [-0.4, -0.2) is 11.0 Å². The van der Waals surface area contributed by atoms with E-state index < -0.39 is 6.04 Å². The normalized spacial score (nSPS) is 21.2. The molecule has 0 bridgehead atoms. The van der Waals surface area contributed by atoms with E-state index in [0.717, 1.165) is 24.8 Å². The van der Waals surface area contributed by atoms with E-state index in [1.165, 1.54) is 19.3 Å². The summed E-state index contributed by atoms with van der Waals surface area (Å²) in [4.78, 5) is 10.4. The van der Waals surface area contributed by atoms with Gasteiger partial charge in [0.2, 0.25) is 6.04 Å². The summed E-state index contributed by atoms with van der Waals surface area (Å²) >= 11 is 0. The maximum absolute atomic E-state index is 10.6. The van der Waals surface area contributed by atoms with E-state index in [1.54, 1.807) is 6.92 Å². The van der Waals surface area contributed by atoms with Crippen molar-refractivity contribution >= 4 is 0 Å². The van der Waals surface area contributed by atoms with Gasteiger partial charge < -0.3 is 0 Å². The van der Waals surface area contributed by atoms with Gasteiger partial charge in [-0.25, -0.2) is 0 Å². The molecule has 0 heterocycles. The second-order valence-corrected chi connectivity index (χ2v) is 3.69. The zero-order valence-electron chi connectivity index (χ0n) is 8.16. The van der Waals surface area contributed by atoms with E-state index in [4.69, 9.17) is 0 Å². The molecule has 13 heavy (non-hydrogen) atoms. The van der Waals surface area contributed by atoms with Crippen LogP contribution >= 0.6 is 0 Å². The Morgan fingerprint density at radius 2 is 2.08 bits per heavy atom. The van der Waals surface area contributed by atoms with Gasteiger partial charge in [0.1, 0.15) is 0 Å². The maximum atomic E-state index is 10.6. The fourth-order valence-electron chi connectivity index (χ4n) is 1.73. The van der Waals surface area contributed by atoms with Crippen molar-refractivity contribution in [2.75, 3.05) is 0 Å². The van der Waals surface area contributed by atoms with Crippen molar-refractivity contribution in [3.63, 3.8) is 0 Å². The zero-order valence-corrected chi connectivity index (χ0v) is 8.16. The molecule has 0 saturated heterocycles. The van der Waals surface area contributed by atoms with Crippen LogP contribution in [0, 0.1) is 10.1 Å². The number of hydrogen-bond donors (Lipinski definition) is 0. The van der Waals surface area contributed by atoms with E-state index >= 15 is 0 Å². The lowest BCUT2D eigenvalue weighted by Gasteiger charge is -2.12. The van der Waals surface area contributed by atoms with Gasteiger partial charge in [-0.3, -0.25) is 10.1 Å². The molecular weight excluding hydrogens is 166 g/mol. The van der Waals surface area contributed by atoms with Gasteiger partial charge in [0.25, 0.3) is 0 Å². The number of allylic oxidation sites excluding steroid dienone is 1. The zero-order chi connectivity index (χ0) is 9.68. The fourth-order valence-corrected chi connectivity index (χ4v) is 1.73. The molecule has 1 rings (SSSR count). The van der Waals surface area contributed by atoms with Crippen LogP contribution in [0.15, 0.2) is 11.6 Å². The average molecular weight is 183 g/mol. The monoisotopic (exact) mass is 183 g/mol.